The average Bonchev–Trinajstić information content (AvgIpc) is 2.86. The largest absolute Gasteiger partial charge is 0.330 e. The van der Waals surface area contributed by atoms with E-state index in [0.717, 1.165) is 24.9 Å². The normalized spacial score (nSPS) is 16.6. The van der Waals surface area contributed by atoms with E-state index in [2.05, 4.69) is 12.2 Å². The lowest BCUT2D eigenvalue weighted by Gasteiger charge is -2.22. The number of benzene rings is 2. The molecule has 1 aliphatic heterocycles. The van der Waals surface area contributed by atoms with E-state index < -0.39 is 10.2 Å². The quantitative estimate of drug-likeness (QED) is 0.762. The molecule has 0 aliphatic carbocycles. The third-order valence-electron chi connectivity index (χ3n) is 4.75. The second kappa shape index (κ2) is 7.86. The lowest BCUT2D eigenvalue weighted by Crippen LogP contribution is -2.36. The zero-order valence-corrected chi connectivity index (χ0v) is 16.6. The summed E-state index contributed by atoms with van der Waals surface area (Å²) in [7, 11) is -1.72. The molecule has 0 saturated carbocycles. The lowest BCUT2D eigenvalue weighted by molar-refractivity contribution is 0.494. The first-order valence-electron chi connectivity index (χ1n) is 8.84. The van der Waals surface area contributed by atoms with Crippen LogP contribution in [-0.4, -0.2) is 28.1 Å². The number of para-hydroxylation sites is 2. The lowest BCUT2D eigenvalue weighted by atomic mass is 10.1. The molecule has 2 aromatic carbocycles. The van der Waals surface area contributed by atoms with Crippen molar-refractivity contribution in [3.8, 4) is 0 Å². The molecule has 1 N–H and O–H groups in total. The molecule has 7 heteroatoms. The van der Waals surface area contributed by atoms with Gasteiger partial charge in [-0.25, -0.2) is 4.31 Å². The first-order valence-corrected chi connectivity index (χ1v) is 10.6. The topological polar surface area (TPSA) is 52.7 Å². The minimum Gasteiger partial charge on any atom is -0.317 e. The van der Waals surface area contributed by atoms with Crippen LogP contribution in [0.1, 0.15) is 26.2 Å². The Morgan fingerprint density at radius 1 is 1.08 bits per heavy atom. The van der Waals surface area contributed by atoms with Crippen molar-refractivity contribution in [2.45, 2.75) is 32.2 Å². The molecule has 0 aromatic heterocycles. The Balaban J connectivity index is 1.91. The van der Waals surface area contributed by atoms with Gasteiger partial charge in [0, 0.05) is 17.6 Å². The van der Waals surface area contributed by atoms with E-state index in [1.807, 2.05) is 31.3 Å². The van der Waals surface area contributed by atoms with Crippen LogP contribution in [0.4, 0.5) is 17.1 Å². The molecule has 1 heterocycles. The number of hydrogen-bond acceptors (Lipinski definition) is 3. The van der Waals surface area contributed by atoms with Crippen molar-refractivity contribution in [1.82, 2.24) is 5.32 Å². The first-order chi connectivity index (χ1) is 12.5. The number of anilines is 3. The van der Waals surface area contributed by atoms with Crippen molar-refractivity contribution in [1.29, 1.82) is 0 Å². The predicted molar refractivity (Wildman–Crippen MR) is 109 cm³/mol. The Hall–Kier alpha value is -1.76. The van der Waals surface area contributed by atoms with Crippen LogP contribution < -0.4 is 13.9 Å². The van der Waals surface area contributed by atoms with Crippen molar-refractivity contribution < 1.29 is 8.42 Å². The summed E-state index contributed by atoms with van der Waals surface area (Å²) in [6, 6.07) is 14.7. The van der Waals surface area contributed by atoms with E-state index in [9.17, 15) is 8.42 Å². The maximum atomic E-state index is 13.3. The fourth-order valence-corrected chi connectivity index (χ4v) is 5.19. The minimum atomic E-state index is -3.66. The van der Waals surface area contributed by atoms with Gasteiger partial charge < -0.3 is 5.32 Å². The van der Waals surface area contributed by atoms with Gasteiger partial charge in [0.15, 0.2) is 0 Å². The highest BCUT2D eigenvalue weighted by Gasteiger charge is 2.40. The van der Waals surface area contributed by atoms with Crippen molar-refractivity contribution in [3.05, 3.63) is 53.6 Å². The molecule has 26 heavy (non-hydrogen) atoms. The number of nitrogens with zero attached hydrogens (tertiary/aromatic N) is 2. The third-order valence-corrected chi connectivity index (χ3v) is 6.81. The van der Waals surface area contributed by atoms with Crippen LogP contribution in [0.5, 0.6) is 0 Å². The van der Waals surface area contributed by atoms with Crippen LogP contribution in [0.3, 0.4) is 0 Å². The second-order valence-corrected chi connectivity index (χ2v) is 8.48. The summed E-state index contributed by atoms with van der Waals surface area (Å²) >= 11 is 5.96. The Labute approximate surface area is 160 Å². The highest BCUT2D eigenvalue weighted by atomic mass is 35.5. The highest BCUT2D eigenvalue weighted by Crippen LogP contribution is 2.45. The van der Waals surface area contributed by atoms with Crippen LogP contribution in [-0.2, 0) is 10.2 Å². The van der Waals surface area contributed by atoms with Crippen LogP contribution in [0, 0.1) is 0 Å². The molecule has 1 unspecified atom stereocenters. The van der Waals surface area contributed by atoms with E-state index in [0.29, 0.717) is 29.0 Å². The molecule has 1 aliphatic rings. The monoisotopic (exact) mass is 393 g/mol. The Morgan fingerprint density at radius 3 is 2.35 bits per heavy atom. The molecular formula is C19H24ClN3O2S. The zero-order chi connectivity index (χ0) is 18.7. The van der Waals surface area contributed by atoms with Gasteiger partial charge in [-0.05, 0) is 62.7 Å². The number of fused-ring (bicyclic) bond motifs is 1. The SMILES string of the molecule is CCC(CCCN1c2ccccc2N(c2ccc(Cl)cc2)S1(=O)=O)NC. The van der Waals surface area contributed by atoms with Gasteiger partial charge in [-0.1, -0.05) is 30.7 Å². The van der Waals surface area contributed by atoms with Gasteiger partial charge in [0.25, 0.3) is 0 Å². The summed E-state index contributed by atoms with van der Waals surface area (Å²) in [5.41, 5.74) is 1.99. The number of rotatable bonds is 7. The molecule has 0 fully saturated rings. The number of nitrogens with one attached hydrogen (secondary N) is 1. The van der Waals surface area contributed by atoms with Crippen molar-refractivity contribution >= 4 is 38.9 Å². The van der Waals surface area contributed by atoms with Crippen molar-refractivity contribution in [3.63, 3.8) is 0 Å². The highest BCUT2D eigenvalue weighted by molar-refractivity contribution is 7.95. The predicted octanol–water partition coefficient (Wildman–Crippen LogP) is 4.32. The molecule has 0 amide bonds. The summed E-state index contributed by atoms with van der Waals surface area (Å²) in [4.78, 5) is 0. The van der Waals surface area contributed by atoms with E-state index in [1.54, 1.807) is 24.3 Å². The molecular weight excluding hydrogens is 370 g/mol. The first kappa shape index (κ1) is 19.0. The van der Waals surface area contributed by atoms with Crippen LogP contribution in [0.15, 0.2) is 48.5 Å². The molecule has 5 nitrogen and oxygen atoms in total. The maximum Gasteiger partial charge on any atom is 0.330 e. The molecule has 1 atom stereocenters. The second-order valence-electron chi connectivity index (χ2n) is 6.35. The zero-order valence-electron chi connectivity index (χ0n) is 15.0. The summed E-state index contributed by atoms with van der Waals surface area (Å²) in [6.45, 7) is 2.59. The fourth-order valence-electron chi connectivity index (χ4n) is 3.31. The van der Waals surface area contributed by atoms with E-state index >= 15 is 0 Å². The van der Waals surface area contributed by atoms with Gasteiger partial charge in [-0.2, -0.15) is 8.42 Å². The molecule has 140 valence electrons. The third kappa shape index (κ3) is 3.54. The van der Waals surface area contributed by atoms with Crippen LogP contribution in [0.25, 0.3) is 0 Å². The molecule has 0 spiro atoms. The van der Waals surface area contributed by atoms with E-state index in [-0.39, 0.29) is 0 Å². The van der Waals surface area contributed by atoms with Gasteiger partial charge >= 0.3 is 10.2 Å². The Morgan fingerprint density at radius 2 is 1.73 bits per heavy atom. The van der Waals surface area contributed by atoms with Crippen LogP contribution in [0.2, 0.25) is 5.02 Å². The van der Waals surface area contributed by atoms with Gasteiger partial charge in [0.1, 0.15) is 0 Å². The summed E-state index contributed by atoms with van der Waals surface area (Å²) < 4.78 is 29.4. The van der Waals surface area contributed by atoms with Crippen molar-refractivity contribution in [2.24, 2.45) is 0 Å². The molecule has 2 aromatic rings. The number of halogens is 1. The van der Waals surface area contributed by atoms with E-state index in [1.165, 1.54) is 8.61 Å². The van der Waals surface area contributed by atoms with Gasteiger partial charge in [0.05, 0.1) is 17.1 Å². The molecule has 0 saturated heterocycles. The number of hydrogen-bond donors (Lipinski definition) is 1. The summed E-state index contributed by atoms with van der Waals surface area (Å²) in [5, 5.41) is 3.84. The standard InChI is InChI=1S/C19H24ClN3O2S/c1-3-16(21-2)7-6-14-22-18-8-4-5-9-19(18)23(26(22,24)25)17-12-10-15(20)11-13-17/h4-5,8-13,16,21H,3,6-7,14H2,1-2H3. The van der Waals surface area contributed by atoms with Gasteiger partial charge in [0.2, 0.25) is 0 Å². The molecule has 3 rings (SSSR count). The van der Waals surface area contributed by atoms with Gasteiger partial charge in [-0.3, -0.25) is 4.31 Å². The minimum absolute atomic E-state index is 0.405. The smallest absolute Gasteiger partial charge is 0.317 e. The molecule has 0 radical (unpaired) electrons. The molecule has 0 bridgehead atoms. The summed E-state index contributed by atoms with van der Waals surface area (Å²) in [6.07, 6.45) is 2.75. The fraction of sp³-hybridized carbons (Fsp3) is 0.368. The average molecular weight is 394 g/mol. The summed E-state index contributed by atoms with van der Waals surface area (Å²) in [5.74, 6) is 0. The Bertz CT molecular complexity index is 851. The van der Waals surface area contributed by atoms with Crippen LogP contribution >= 0.6 is 11.6 Å². The maximum absolute atomic E-state index is 13.3. The Kier molecular flexibility index (Phi) is 5.75. The van der Waals surface area contributed by atoms with Crippen molar-refractivity contribution in [2.75, 3.05) is 22.2 Å². The van der Waals surface area contributed by atoms with E-state index in [4.69, 9.17) is 11.6 Å². The van der Waals surface area contributed by atoms with Gasteiger partial charge in [-0.15, -0.1) is 0 Å².